The van der Waals surface area contributed by atoms with Crippen LogP contribution in [0.3, 0.4) is 0 Å². The molecule has 3 aromatic rings. The normalized spacial score (nSPS) is 12.5. The molecule has 0 atom stereocenters. The van der Waals surface area contributed by atoms with Crippen molar-refractivity contribution in [1.29, 1.82) is 0 Å². The van der Waals surface area contributed by atoms with Crippen molar-refractivity contribution in [2.75, 3.05) is 26.2 Å². The zero-order chi connectivity index (χ0) is 28.9. The molecule has 1 aliphatic heterocycles. The van der Waals surface area contributed by atoms with Crippen LogP contribution in [0, 0.1) is 13.8 Å². The standard InChI is InChI=1S/C16H18N2O3.C15H20N2O2/c1-3-21-16(20)10-13-5-4-6-14(9-13)11-18-15(19)8-7-12(2)17-18;1-12-5-7-13(8-6-12)15(19)16-9-3-11-17-10-2-4-14(17)18/h4-9H,3,10-11H2,1-2H3;5-8H,2-4,9-11H2,1H3,(H,16,19). The van der Waals surface area contributed by atoms with E-state index in [4.69, 9.17) is 4.74 Å². The van der Waals surface area contributed by atoms with E-state index in [1.807, 2.05) is 67.3 Å². The third-order valence-corrected chi connectivity index (χ3v) is 6.35. The van der Waals surface area contributed by atoms with E-state index >= 15 is 0 Å². The number of rotatable bonds is 10. The number of aryl methyl sites for hydroxylation is 2. The van der Waals surface area contributed by atoms with Crippen molar-refractivity contribution >= 4 is 17.8 Å². The summed E-state index contributed by atoms with van der Waals surface area (Å²) in [6.07, 6.45) is 2.69. The first-order chi connectivity index (χ1) is 19.2. The molecule has 1 aromatic heterocycles. The molecule has 0 unspecified atom stereocenters. The van der Waals surface area contributed by atoms with Gasteiger partial charge in [-0.05, 0) is 62.9 Å². The lowest BCUT2D eigenvalue weighted by atomic mass is 10.1. The number of benzene rings is 2. The van der Waals surface area contributed by atoms with Gasteiger partial charge in [-0.1, -0.05) is 42.0 Å². The van der Waals surface area contributed by atoms with Gasteiger partial charge in [0.25, 0.3) is 11.5 Å². The Balaban J connectivity index is 0.000000222. The summed E-state index contributed by atoms with van der Waals surface area (Å²) in [6.45, 7) is 8.60. The van der Waals surface area contributed by atoms with Crippen molar-refractivity contribution in [3.8, 4) is 0 Å². The number of carbonyl (C=O) groups is 3. The summed E-state index contributed by atoms with van der Waals surface area (Å²) in [7, 11) is 0. The molecule has 2 amide bonds. The van der Waals surface area contributed by atoms with Crippen LogP contribution >= 0.6 is 0 Å². The lowest BCUT2D eigenvalue weighted by Crippen LogP contribution is -2.30. The molecule has 1 aliphatic rings. The number of hydrogen-bond donors (Lipinski definition) is 1. The second kappa shape index (κ2) is 15.4. The summed E-state index contributed by atoms with van der Waals surface area (Å²) < 4.78 is 6.35. The molecule has 0 bridgehead atoms. The number of amides is 2. The topological polar surface area (TPSA) is 111 Å². The highest BCUT2D eigenvalue weighted by atomic mass is 16.5. The molecular formula is C31H38N4O5. The number of hydrogen-bond acceptors (Lipinski definition) is 6. The largest absolute Gasteiger partial charge is 0.466 e. The molecule has 0 saturated carbocycles. The zero-order valence-corrected chi connectivity index (χ0v) is 23.5. The van der Waals surface area contributed by atoms with Crippen LogP contribution in [0.1, 0.15) is 58.9 Å². The maximum absolute atomic E-state index is 11.8. The van der Waals surface area contributed by atoms with Crippen LogP contribution in [-0.2, 0) is 27.3 Å². The second-order valence-corrected chi connectivity index (χ2v) is 9.73. The fourth-order valence-electron chi connectivity index (χ4n) is 4.27. The number of likely N-dealkylation sites (tertiary alicyclic amines) is 1. The van der Waals surface area contributed by atoms with Gasteiger partial charge in [0.15, 0.2) is 0 Å². The van der Waals surface area contributed by atoms with Crippen LogP contribution in [0.5, 0.6) is 0 Å². The SMILES string of the molecule is CCOC(=O)Cc1cccc(Cn2nc(C)ccc2=O)c1.Cc1ccc(C(=O)NCCCN2CCCC2=O)cc1. The minimum Gasteiger partial charge on any atom is -0.466 e. The van der Waals surface area contributed by atoms with Gasteiger partial charge in [0.05, 0.1) is 25.3 Å². The molecular weight excluding hydrogens is 508 g/mol. The summed E-state index contributed by atoms with van der Waals surface area (Å²) in [4.78, 5) is 48.3. The fraction of sp³-hybridized carbons (Fsp3) is 0.387. The molecule has 9 heteroatoms. The van der Waals surface area contributed by atoms with Crippen LogP contribution in [0.15, 0.2) is 65.5 Å². The quantitative estimate of drug-likeness (QED) is 0.308. The van der Waals surface area contributed by atoms with Crippen LogP contribution in [0.4, 0.5) is 0 Å². The number of aromatic nitrogens is 2. The highest BCUT2D eigenvalue weighted by Crippen LogP contribution is 2.10. The first-order valence-electron chi connectivity index (χ1n) is 13.7. The number of nitrogens with one attached hydrogen (secondary N) is 1. The molecule has 1 saturated heterocycles. The Labute approximate surface area is 235 Å². The smallest absolute Gasteiger partial charge is 0.310 e. The van der Waals surface area contributed by atoms with E-state index in [1.165, 1.54) is 10.7 Å². The van der Waals surface area contributed by atoms with Gasteiger partial charge >= 0.3 is 5.97 Å². The molecule has 1 fully saturated rings. The third kappa shape index (κ3) is 9.80. The van der Waals surface area contributed by atoms with Gasteiger partial charge in [-0.2, -0.15) is 5.10 Å². The van der Waals surface area contributed by atoms with E-state index in [0.717, 1.165) is 48.3 Å². The number of ether oxygens (including phenoxy) is 1. The van der Waals surface area contributed by atoms with Gasteiger partial charge in [0.2, 0.25) is 5.91 Å². The van der Waals surface area contributed by atoms with Crippen LogP contribution in [-0.4, -0.2) is 58.7 Å². The Hall–Kier alpha value is -4.27. The Morgan fingerprint density at radius 3 is 2.45 bits per heavy atom. The summed E-state index contributed by atoms with van der Waals surface area (Å²) in [5.74, 6) is -0.0573. The zero-order valence-electron chi connectivity index (χ0n) is 23.5. The molecule has 0 aliphatic carbocycles. The highest BCUT2D eigenvalue weighted by molar-refractivity contribution is 5.94. The molecule has 0 spiro atoms. The van der Waals surface area contributed by atoms with Gasteiger partial charge in [-0.3, -0.25) is 19.2 Å². The molecule has 4 rings (SSSR count). The average Bonchev–Trinajstić information content (AvgIpc) is 3.34. The van der Waals surface area contributed by atoms with E-state index in [2.05, 4.69) is 10.4 Å². The Morgan fingerprint density at radius 2 is 1.75 bits per heavy atom. The van der Waals surface area contributed by atoms with Crippen molar-refractivity contribution in [3.63, 3.8) is 0 Å². The predicted octanol–water partition coefficient (Wildman–Crippen LogP) is 3.44. The van der Waals surface area contributed by atoms with E-state index < -0.39 is 0 Å². The molecule has 2 heterocycles. The van der Waals surface area contributed by atoms with Crippen LogP contribution in [0.25, 0.3) is 0 Å². The lowest BCUT2D eigenvalue weighted by Gasteiger charge is -2.15. The average molecular weight is 547 g/mol. The van der Waals surface area contributed by atoms with Gasteiger partial charge in [0.1, 0.15) is 0 Å². The minimum absolute atomic E-state index is 0.0484. The molecule has 2 aromatic carbocycles. The maximum Gasteiger partial charge on any atom is 0.310 e. The summed E-state index contributed by atoms with van der Waals surface area (Å²) in [5, 5.41) is 7.08. The molecule has 9 nitrogen and oxygen atoms in total. The minimum atomic E-state index is -0.250. The number of carbonyl (C=O) groups excluding carboxylic acids is 3. The molecule has 212 valence electrons. The van der Waals surface area contributed by atoms with E-state index in [1.54, 1.807) is 13.0 Å². The fourth-order valence-corrected chi connectivity index (χ4v) is 4.27. The van der Waals surface area contributed by atoms with Crippen molar-refractivity contribution in [3.05, 3.63) is 99.0 Å². The Morgan fingerprint density at radius 1 is 1.00 bits per heavy atom. The van der Waals surface area contributed by atoms with Gasteiger partial charge < -0.3 is 15.0 Å². The maximum atomic E-state index is 11.8. The monoisotopic (exact) mass is 546 g/mol. The van der Waals surface area contributed by atoms with E-state index in [-0.39, 0.29) is 29.8 Å². The van der Waals surface area contributed by atoms with Crippen molar-refractivity contribution in [2.24, 2.45) is 0 Å². The molecule has 0 radical (unpaired) electrons. The first kappa shape index (κ1) is 30.3. The van der Waals surface area contributed by atoms with Crippen molar-refractivity contribution < 1.29 is 19.1 Å². The van der Waals surface area contributed by atoms with Gasteiger partial charge in [0, 0.05) is 37.7 Å². The van der Waals surface area contributed by atoms with Gasteiger partial charge in [-0.25, -0.2) is 4.68 Å². The second-order valence-electron chi connectivity index (χ2n) is 9.73. The Kier molecular flexibility index (Phi) is 11.6. The lowest BCUT2D eigenvalue weighted by molar-refractivity contribution is -0.142. The summed E-state index contributed by atoms with van der Waals surface area (Å²) in [5.41, 5.74) is 4.27. The number of nitrogens with zero attached hydrogens (tertiary/aromatic N) is 3. The summed E-state index contributed by atoms with van der Waals surface area (Å²) >= 11 is 0. The summed E-state index contributed by atoms with van der Waals surface area (Å²) in [6, 6.07) is 18.2. The van der Waals surface area contributed by atoms with E-state index in [0.29, 0.717) is 31.7 Å². The van der Waals surface area contributed by atoms with E-state index in [9.17, 15) is 19.2 Å². The third-order valence-electron chi connectivity index (χ3n) is 6.35. The Bertz CT molecular complexity index is 1350. The van der Waals surface area contributed by atoms with Crippen molar-refractivity contribution in [1.82, 2.24) is 20.0 Å². The molecule has 1 N–H and O–H groups in total. The predicted molar refractivity (Wildman–Crippen MR) is 153 cm³/mol. The molecule has 40 heavy (non-hydrogen) atoms. The van der Waals surface area contributed by atoms with Gasteiger partial charge in [-0.15, -0.1) is 0 Å². The first-order valence-corrected chi connectivity index (χ1v) is 13.7. The highest BCUT2D eigenvalue weighted by Gasteiger charge is 2.19. The van der Waals surface area contributed by atoms with Crippen LogP contribution in [0.2, 0.25) is 0 Å². The number of esters is 1. The van der Waals surface area contributed by atoms with Crippen molar-refractivity contribution in [2.45, 2.75) is 53.0 Å². The van der Waals surface area contributed by atoms with Crippen LogP contribution < -0.4 is 10.9 Å².